The van der Waals surface area contributed by atoms with E-state index in [9.17, 15) is 9.59 Å². The molecule has 2 aromatic carbocycles. The average molecular weight is 532 g/mol. The van der Waals surface area contributed by atoms with Crippen molar-refractivity contribution in [3.8, 4) is 22.5 Å². The van der Waals surface area contributed by atoms with Crippen LogP contribution in [-0.2, 0) is 4.79 Å². The van der Waals surface area contributed by atoms with Crippen LogP contribution in [0.25, 0.3) is 28.6 Å². The van der Waals surface area contributed by atoms with Crippen molar-refractivity contribution in [2.75, 3.05) is 18.4 Å². The van der Waals surface area contributed by atoms with Crippen LogP contribution >= 0.6 is 22.7 Å². The zero-order chi connectivity index (χ0) is 25.6. The topological polar surface area (TPSA) is 116 Å². The summed E-state index contributed by atoms with van der Waals surface area (Å²) in [6.07, 6.45) is 4.87. The molecule has 4 aromatic rings. The highest BCUT2D eigenvalue weighted by molar-refractivity contribution is 7.15. The Morgan fingerprint density at radius 1 is 1.00 bits per heavy atom. The molecule has 8 nitrogen and oxygen atoms in total. The number of anilines is 1. The van der Waals surface area contributed by atoms with Gasteiger partial charge in [0.15, 0.2) is 5.13 Å². The lowest BCUT2D eigenvalue weighted by Gasteiger charge is -2.20. The first kappa shape index (κ1) is 25.0. The van der Waals surface area contributed by atoms with Gasteiger partial charge in [-0.1, -0.05) is 54.6 Å². The van der Waals surface area contributed by atoms with Crippen LogP contribution in [0.2, 0.25) is 0 Å². The van der Waals surface area contributed by atoms with Crippen molar-refractivity contribution < 1.29 is 14.8 Å². The van der Waals surface area contributed by atoms with Gasteiger partial charge in [0.2, 0.25) is 0 Å². The second-order valence-electron chi connectivity index (χ2n) is 8.54. The minimum absolute atomic E-state index is 0.208. The Kier molecular flexibility index (Phi) is 7.81. The summed E-state index contributed by atoms with van der Waals surface area (Å²) in [4.78, 5) is 34.7. The summed E-state index contributed by atoms with van der Waals surface area (Å²) in [6, 6.07) is 17.3. The van der Waals surface area contributed by atoms with E-state index in [1.54, 1.807) is 11.6 Å². The highest BCUT2D eigenvalue weighted by atomic mass is 32.1. The first-order valence-corrected chi connectivity index (χ1v) is 13.6. The maximum absolute atomic E-state index is 13.4. The van der Waals surface area contributed by atoms with Crippen LogP contribution in [0, 0.1) is 0 Å². The Morgan fingerprint density at radius 3 is 2.49 bits per heavy atom. The van der Waals surface area contributed by atoms with Crippen molar-refractivity contribution in [2.24, 2.45) is 0 Å². The van der Waals surface area contributed by atoms with Gasteiger partial charge in [-0.05, 0) is 37.6 Å². The van der Waals surface area contributed by atoms with Crippen molar-refractivity contribution in [1.82, 2.24) is 20.8 Å². The van der Waals surface area contributed by atoms with E-state index in [0.717, 1.165) is 53.3 Å². The van der Waals surface area contributed by atoms with Gasteiger partial charge in [-0.3, -0.25) is 20.1 Å². The molecule has 1 saturated heterocycles. The number of thiazole rings is 2. The van der Waals surface area contributed by atoms with Crippen LogP contribution in [0.5, 0.6) is 0 Å². The second-order valence-corrected chi connectivity index (χ2v) is 10.4. The van der Waals surface area contributed by atoms with Gasteiger partial charge in [-0.15, -0.1) is 22.7 Å². The van der Waals surface area contributed by atoms with E-state index in [0.29, 0.717) is 21.6 Å². The van der Waals surface area contributed by atoms with Gasteiger partial charge in [0.25, 0.3) is 11.8 Å². The fraction of sp³-hybridized carbons (Fsp3) is 0.185. The van der Waals surface area contributed by atoms with E-state index in [4.69, 9.17) is 10.2 Å². The van der Waals surface area contributed by atoms with Crippen LogP contribution in [0.3, 0.4) is 0 Å². The van der Waals surface area contributed by atoms with Gasteiger partial charge in [-0.2, -0.15) is 0 Å². The molecule has 0 radical (unpaired) electrons. The normalized spacial score (nSPS) is 14.1. The quantitative estimate of drug-likeness (QED) is 0.149. The summed E-state index contributed by atoms with van der Waals surface area (Å²) < 4.78 is 0. The van der Waals surface area contributed by atoms with Gasteiger partial charge in [0.05, 0.1) is 16.4 Å². The van der Waals surface area contributed by atoms with Crippen molar-refractivity contribution in [3.63, 3.8) is 0 Å². The third-order valence-corrected chi connectivity index (χ3v) is 8.03. The third kappa shape index (κ3) is 6.00. The zero-order valence-electron chi connectivity index (χ0n) is 19.8. The van der Waals surface area contributed by atoms with E-state index in [2.05, 4.69) is 15.6 Å². The minimum atomic E-state index is -0.594. The molecule has 1 fully saturated rings. The Balaban J connectivity index is 1.34. The van der Waals surface area contributed by atoms with E-state index in [1.165, 1.54) is 28.7 Å². The molecule has 2 aromatic heterocycles. The second kappa shape index (κ2) is 11.6. The number of benzene rings is 2. The molecule has 4 N–H and O–H groups in total. The first-order valence-electron chi connectivity index (χ1n) is 11.9. The van der Waals surface area contributed by atoms with Gasteiger partial charge >= 0.3 is 0 Å². The number of hydroxylamine groups is 1. The number of nitrogens with zero attached hydrogens (tertiary/aromatic N) is 2. The highest BCUT2D eigenvalue weighted by Gasteiger charge is 2.25. The van der Waals surface area contributed by atoms with Crippen LogP contribution in [0.4, 0.5) is 5.13 Å². The summed E-state index contributed by atoms with van der Waals surface area (Å²) in [5, 5.41) is 18.4. The first-order chi connectivity index (χ1) is 18.1. The smallest absolute Gasteiger partial charge is 0.269 e. The molecule has 0 saturated carbocycles. The van der Waals surface area contributed by atoms with Crippen LogP contribution < -0.4 is 16.1 Å². The molecule has 37 heavy (non-hydrogen) atoms. The molecule has 2 amide bonds. The maximum Gasteiger partial charge on any atom is 0.269 e. The zero-order valence-corrected chi connectivity index (χ0v) is 21.4. The molecule has 1 aliphatic rings. The predicted molar refractivity (Wildman–Crippen MR) is 147 cm³/mol. The summed E-state index contributed by atoms with van der Waals surface area (Å²) in [6.45, 7) is 1.92. The lowest BCUT2D eigenvalue weighted by molar-refractivity contribution is -0.124. The lowest BCUT2D eigenvalue weighted by atomic mass is 9.99. The number of hydrogen-bond acceptors (Lipinski definition) is 8. The van der Waals surface area contributed by atoms with Crippen LogP contribution in [0.1, 0.15) is 39.0 Å². The number of carbonyl (C=O) groups excluding carboxylic acids is 2. The number of carbonyl (C=O) groups is 2. The molecule has 3 heterocycles. The SMILES string of the molecule is O=C(/C=C/c1ccc(-c2csc(NC(=O)c3sc(C4CCNCC4)nc3-c3ccccc3)n2)cc1)NO. The molecular weight excluding hydrogens is 506 g/mol. The molecule has 0 spiro atoms. The summed E-state index contributed by atoms with van der Waals surface area (Å²) >= 11 is 2.84. The molecule has 10 heteroatoms. The standard InChI is InChI=1S/C27H25N5O3S2/c33-22(32-35)11-8-17-6-9-18(10-7-17)21-16-36-27(29-21)31-25(34)24-23(19-4-2-1-3-5-19)30-26(37-24)20-12-14-28-15-13-20/h1-11,16,20,28,35H,12-15H2,(H,32,33)(H,29,31,34)/b11-8+. The number of nitrogens with one attached hydrogen (secondary N) is 3. The minimum Gasteiger partial charge on any atom is -0.317 e. The molecule has 0 unspecified atom stereocenters. The Morgan fingerprint density at radius 2 is 1.76 bits per heavy atom. The van der Waals surface area contributed by atoms with Crippen LogP contribution in [-0.4, -0.2) is 40.1 Å². The van der Waals surface area contributed by atoms with Gasteiger partial charge < -0.3 is 5.32 Å². The number of piperidine rings is 1. The molecule has 1 aliphatic heterocycles. The maximum atomic E-state index is 13.4. The number of aromatic nitrogens is 2. The Hall–Kier alpha value is -3.70. The van der Waals surface area contributed by atoms with Crippen LogP contribution in [0.15, 0.2) is 66.1 Å². The summed E-state index contributed by atoms with van der Waals surface area (Å²) in [5.74, 6) is -0.444. The molecule has 0 aliphatic carbocycles. The summed E-state index contributed by atoms with van der Waals surface area (Å²) in [7, 11) is 0. The van der Waals surface area contributed by atoms with Gasteiger partial charge in [0.1, 0.15) is 4.88 Å². The lowest BCUT2D eigenvalue weighted by Crippen LogP contribution is -2.26. The Labute approximate surface area is 222 Å². The van der Waals surface area contributed by atoms with E-state index in [-0.39, 0.29) is 5.91 Å². The van der Waals surface area contributed by atoms with E-state index in [1.807, 2.05) is 60.0 Å². The number of hydrogen-bond donors (Lipinski definition) is 4. The van der Waals surface area contributed by atoms with Crippen molar-refractivity contribution >= 4 is 45.7 Å². The fourth-order valence-electron chi connectivity index (χ4n) is 4.12. The van der Waals surface area contributed by atoms with Crippen molar-refractivity contribution in [2.45, 2.75) is 18.8 Å². The molecule has 0 atom stereocenters. The number of amides is 2. The highest BCUT2D eigenvalue weighted by Crippen LogP contribution is 2.36. The van der Waals surface area contributed by atoms with Crippen molar-refractivity contribution in [3.05, 3.63) is 81.5 Å². The Bertz CT molecular complexity index is 1410. The monoisotopic (exact) mass is 531 g/mol. The molecule has 0 bridgehead atoms. The molecule has 5 rings (SSSR count). The fourth-order valence-corrected chi connectivity index (χ4v) is 5.98. The third-order valence-electron chi connectivity index (χ3n) is 6.05. The van der Waals surface area contributed by atoms with Gasteiger partial charge in [0, 0.05) is 28.5 Å². The number of rotatable bonds is 7. The van der Waals surface area contributed by atoms with Gasteiger partial charge in [-0.25, -0.2) is 15.4 Å². The van der Waals surface area contributed by atoms with E-state index < -0.39 is 5.91 Å². The molecule has 188 valence electrons. The van der Waals surface area contributed by atoms with Crippen molar-refractivity contribution in [1.29, 1.82) is 0 Å². The van der Waals surface area contributed by atoms with E-state index >= 15 is 0 Å². The summed E-state index contributed by atoms with van der Waals surface area (Å²) in [5.41, 5.74) is 5.63. The predicted octanol–water partition coefficient (Wildman–Crippen LogP) is 5.17. The largest absolute Gasteiger partial charge is 0.317 e. The average Bonchev–Trinajstić information content (AvgIpc) is 3.61. The molecular formula is C27H25N5O3S2.